The van der Waals surface area contributed by atoms with Gasteiger partial charge in [-0.1, -0.05) is 41.7 Å². The summed E-state index contributed by atoms with van der Waals surface area (Å²) in [6.45, 7) is 3.07. The molecule has 0 amide bonds. The standard InChI is InChI=1S/C15H15ClN2/c16-15-4-2-1-3-12(15)5-6-13-7-8-14-11-17-9-10-18(13)14/h1-4,8,13,17H,7,9-11H2/t13-/m0/s1. The van der Waals surface area contributed by atoms with Crippen LogP contribution in [0.4, 0.5) is 0 Å². The van der Waals surface area contributed by atoms with Crippen LogP contribution in [0.1, 0.15) is 12.0 Å². The zero-order valence-corrected chi connectivity index (χ0v) is 10.9. The van der Waals surface area contributed by atoms with Crippen molar-refractivity contribution < 1.29 is 0 Å². The Morgan fingerprint density at radius 3 is 3.11 bits per heavy atom. The Kier molecular flexibility index (Phi) is 3.27. The minimum absolute atomic E-state index is 0.318. The highest BCUT2D eigenvalue weighted by atomic mass is 35.5. The molecule has 2 aliphatic heterocycles. The summed E-state index contributed by atoms with van der Waals surface area (Å²) in [5.74, 6) is 6.56. The highest BCUT2D eigenvalue weighted by Gasteiger charge is 2.25. The van der Waals surface area contributed by atoms with Gasteiger partial charge in [0.05, 0.1) is 11.1 Å². The first-order valence-corrected chi connectivity index (χ1v) is 6.65. The van der Waals surface area contributed by atoms with E-state index in [9.17, 15) is 0 Å². The van der Waals surface area contributed by atoms with Gasteiger partial charge in [0.25, 0.3) is 0 Å². The van der Waals surface area contributed by atoms with Gasteiger partial charge in [0.2, 0.25) is 0 Å². The highest BCUT2D eigenvalue weighted by molar-refractivity contribution is 6.31. The second kappa shape index (κ2) is 5.06. The molecule has 0 radical (unpaired) electrons. The molecule has 0 unspecified atom stereocenters. The molecule has 0 spiro atoms. The van der Waals surface area contributed by atoms with Crippen LogP contribution in [0, 0.1) is 11.8 Å². The molecule has 1 fully saturated rings. The molecule has 2 nitrogen and oxygen atoms in total. The molecule has 0 saturated carbocycles. The van der Waals surface area contributed by atoms with Crippen molar-refractivity contribution in [2.45, 2.75) is 12.5 Å². The SMILES string of the molecule is Clc1ccccc1C#C[C@H]1CC=C2CNCCN21. The van der Waals surface area contributed by atoms with Gasteiger partial charge in [0.1, 0.15) is 0 Å². The number of halogens is 1. The van der Waals surface area contributed by atoms with Crippen molar-refractivity contribution in [2.75, 3.05) is 19.6 Å². The zero-order chi connectivity index (χ0) is 12.4. The Bertz CT molecular complexity index is 539. The van der Waals surface area contributed by atoms with Crippen LogP contribution in [0.15, 0.2) is 36.0 Å². The van der Waals surface area contributed by atoms with Gasteiger partial charge in [-0.2, -0.15) is 0 Å². The summed E-state index contributed by atoms with van der Waals surface area (Å²) in [5, 5.41) is 4.11. The molecule has 3 heteroatoms. The molecule has 92 valence electrons. The van der Waals surface area contributed by atoms with Gasteiger partial charge in [-0.15, -0.1) is 0 Å². The minimum atomic E-state index is 0.318. The molecule has 18 heavy (non-hydrogen) atoms. The predicted molar refractivity (Wildman–Crippen MR) is 74.4 cm³/mol. The molecule has 1 saturated heterocycles. The molecule has 1 N–H and O–H groups in total. The van der Waals surface area contributed by atoms with Crippen LogP contribution in [-0.2, 0) is 0 Å². The Labute approximate surface area is 113 Å². The maximum absolute atomic E-state index is 6.11. The molecule has 2 heterocycles. The summed E-state index contributed by atoms with van der Waals surface area (Å²) < 4.78 is 0. The van der Waals surface area contributed by atoms with Gasteiger partial charge in [-0.3, -0.25) is 0 Å². The van der Waals surface area contributed by atoms with Crippen LogP contribution in [0.5, 0.6) is 0 Å². The van der Waals surface area contributed by atoms with Gasteiger partial charge in [-0.05, 0) is 18.6 Å². The second-order valence-electron chi connectivity index (χ2n) is 4.57. The molecular weight excluding hydrogens is 244 g/mol. The lowest BCUT2D eigenvalue weighted by Crippen LogP contribution is -2.43. The molecule has 1 aromatic carbocycles. The average Bonchev–Trinajstić information content (AvgIpc) is 2.81. The fraction of sp³-hybridized carbons (Fsp3) is 0.333. The number of hydrogen-bond donors (Lipinski definition) is 1. The lowest BCUT2D eigenvalue weighted by atomic mass is 10.2. The van der Waals surface area contributed by atoms with Crippen LogP contribution in [0.3, 0.4) is 0 Å². The van der Waals surface area contributed by atoms with E-state index in [4.69, 9.17) is 11.6 Å². The van der Waals surface area contributed by atoms with Crippen LogP contribution in [0.25, 0.3) is 0 Å². The summed E-state index contributed by atoms with van der Waals surface area (Å²) >= 11 is 6.11. The second-order valence-corrected chi connectivity index (χ2v) is 4.97. The summed E-state index contributed by atoms with van der Waals surface area (Å²) in [6.07, 6.45) is 3.31. The summed E-state index contributed by atoms with van der Waals surface area (Å²) in [7, 11) is 0. The number of nitrogens with zero attached hydrogens (tertiary/aromatic N) is 1. The van der Waals surface area contributed by atoms with Crippen LogP contribution >= 0.6 is 11.6 Å². The number of nitrogens with one attached hydrogen (secondary N) is 1. The summed E-state index contributed by atoms with van der Waals surface area (Å²) in [5.41, 5.74) is 2.31. The van der Waals surface area contributed by atoms with E-state index in [0.717, 1.165) is 36.6 Å². The average molecular weight is 259 g/mol. The van der Waals surface area contributed by atoms with E-state index in [1.54, 1.807) is 0 Å². The topological polar surface area (TPSA) is 15.3 Å². The lowest BCUT2D eigenvalue weighted by molar-refractivity contribution is 0.289. The van der Waals surface area contributed by atoms with Gasteiger partial charge in [-0.25, -0.2) is 0 Å². The molecule has 0 aromatic heterocycles. The van der Waals surface area contributed by atoms with Gasteiger partial charge in [0, 0.05) is 30.9 Å². The summed E-state index contributed by atoms with van der Waals surface area (Å²) in [6, 6.07) is 8.07. The third kappa shape index (κ3) is 2.25. The van der Waals surface area contributed by atoms with Gasteiger partial charge < -0.3 is 10.2 Å². The van der Waals surface area contributed by atoms with E-state index in [-0.39, 0.29) is 0 Å². The Morgan fingerprint density at radius 2 is 2.22 bits per heavy atom. The van der Waals surface area contributed by atoms with Crippen LogP contribution < -0.4 is 5.32 Å². The smallest absolute Gasteiger partial charge is 0.0940 e. The van der Waals surface area contributed by atoms with Crippen molar-refractivity contribution in [1.82, 2.24) is 10.2 Å². The number of piperazine rings is 1. The van der Waals surface area contributed by atoms with E-state index in [0.29, 0.717) is 6.04 Å². The molecule has 0 aliphatic carbocycles. The van der Waals surface area contributed by atoms with E-state index in [2.05, 4.69) is 28.1 Å². The van der Waals surface area contributed by atoms with Crippen molar-refractivity contribution in [3.63, 3.8) is 0 Å². The van der Waals surface area contributed by atoms with Crippen molar-refractivity contribution in [3.05, 3.63) is 46.6 Å². The number of rotatable bonds is 0. The van der Waals surface area contributed by atoms with E-state index < -0.39 is 0 Å². The molecule has 1 atom stereocenters. The highest BCUT2D eigenvalue weighted by Crippen LogP contribution is 2.22. The molecule has 2 aliphatic rings. The molecule has 1 aromatic rings. The van der Waals surface area contributed by atoms with Gasteiger partial charge >= 0.3 is 0 Å². The lowest BCUT2D eigenvalue weighted by Gasteiger charge is -2.31. The Balaban J connectivity index is 1.77. The first kappa shape index (κ1) is 11.6. The molecule has 0 bridgehead atoms. The predicted octanol–water partition coefficient (Wildman–Crippen LogP) is 2.25. The zero-order valence-electron chi connectivity index (χ0n) is 10.1. The monoisotopic (exact) mass is 258 g/mol. The van der Waals surface area contributed by atoms with Crippen molar-refractivity contribution in [2.24, 2.45) is 0 Å². The Morgan fingerprint density at radius 1 is 1.33 bits per heavy atom. The van der Waals surface area contributed by atoms with Gasteiger partial charge in [0.15, 0.2) is 0 Å². The molecule has 3 rings (SSSR count). The summed E-state index contributed by atoms with van der Waals surface area (Å²) in [4.78, 5) is 2.40. The van der Waals surface area contributed by atoms with Crippen LogP contribution in [-0.4, -0.2) is 30.6 Å². The third-order valence-electron chi connectivity index (χ3n) is 3.40. The largest absolute Gasteiger partial charge is 0.359 e. The number of hydrogen-bond acceptors (Lipinski definition) is 2. The van der Waals surface area contributed by atoms with Crippen molar-refractivity contribution in [1.29, 1.82) is 0 Å². The molecular formula is C15H15ClN2. The maximum atomic E-state index is 6.11. The van der Waals surface area contributed by atoms with Crippen molar-refractivity contribution >= 4 is 11.6 Å². The first-order valence-electron chi connectivity index (χ1n) is 6.27. The van der Waals surface area contributed by atoms with Crippen molar-refractivity contribution in [3.8, 4) is 11.8 Å². The fourth-order valence-corrected chi connectivity index (χ4v) is 2.62. The number of benzene rings is 1. The van der Waals surface area contributed by atoms with E-state index >= 15 is 0 Å². The maximum Gasteiger partial charge on any atom is 0.0940 e. The van der Waals surface area contributed by atoms with E-state index in [1.165, 1.54) is 5.70 Å². The third-order valence-corrected chi connectivity index (χ3v) is 3.73. The minimum Gasteiger partial charge on any atom is -0.359 e. The fourth-order valence-electron chi connectivity index (χ4n) is 2.44. The quantitative estimate of drug-likeness (QED) is 0.718. The normalized spacial score (nSPS) is 21.9. The number of fused-ring (bicyclic) bond motifs is 1. The first-order chi connectivity index (χ1) is 8.84. The van der Waals surface area contributed by atoms with E-state index in [1.807, 2.05) is 24.3 Å². The van der Waals surface area contributed by atoms with Crippen LogP contribution in [0.2, 0.25) is 5.02 Å². The Hall–Kier alpha value is -1.43.